The van der Waals surface area contributed by atoms with Crippen molar-refractivity contribution in [1.29, 1.82) is 0 Å². The maximum absolute atomic E-state index is 11.1. The average molecular weight is 319 g/mol. The van der Waals surface area contributed by atoms with Crippen molar-refractivity contribution in [3.8, 4) is 0 Å². The lowest BCUT2D eigenvalue weighted by molar-refractivity contribution is -0.388. The summed E-state index contributed by atoms with van der Waals surface area (Å²) >= 11 is 2.62. The van der Waals surface area contributed by atoms with E-state index in [1.54, 1.807) is 0 Å². The molecule has 0 unspecified atom stereocenters. The van der Waals surface area contributed by atoms with Crippen LogP contribution in [0.3, 0.4) is 0 Å². The van der Waals surface area contributed by atoms with E-state index in [2.05, 4.69) is 15.4 Å². The van der Waals surface area contributed by atoms with Crippen LogP contribution in [-0.4, -0.2) is 14.9 Å². The molecule has 3 aromatic rings. The van der Waals surface area contributed by atoms with E-state index >= 15 is 0 Å². The van der Waals surface area contributed by atoms with E-state index in [1.165, 1.54) is 23.5 Å². The molecule has 3 N–H and O–H groups in total. The highest BCUT2D eigenvalue weighted by atomic mass is 32.2. The molecular formula is C12H9N5O2S2. The average Bonchev–Trinajstić information content (AvgIpc) is 2.89. The predicted octanol–water partition coefficient (Wildman–Crippen LogP) is 3.04. The molecule has 0 saturated heterocycles. The number of nitro groups is 1. The Bertz CT molecular complexity index is 787. The third-order valence-corrected chi connectivity index (χ3v) is 4.73. The van der Waals surface area contributed by atoms with Gasteiger partial charge in [-0.15, -0.1) is 11.3 Å². The maximum Gasteiger partial charge on any atom is 0.301 e. The van der Waals surface area contributed by atoms with Crippen molar-refractivity contribution >= 4 is 44.8 Å². The summed E-state index contributed by atoms with van der Waals surface area (Å²) in [6, 6.07) is 10.5. The zero-order valence-electron chi connectivity index (χ0n) is 10.5. The quantitative estimate of drug-likeness (QED) is 0.432. The number of rotatable bonds is 4. The summed E-state index contributed by atoms with van der Waals surface area (Å²) < 4.78 is 1.72. The normalized spacial score (nSPS) is 10.7. The van der Waals surface area contributed by atoms with Crippen LogP contribution in [0.15, 0.2) is 45.8 Å². The van der Waals surface area contributed by atoms with Crippen LogP contribution in [-0.2, 0) is 0 Å². The van der Waals surface area contributed by atoms with Crippen molar-refractivity contribution in [3.05, 3.63) is 46.5 Å². The molecule has 0 aliphatic carbocycles. The van der Waals surface area contributed by atoms with Gasteiger partial charge in [-0.1, -0.05) is 12.1 Å². The first kappa shape index (κ1) is 13.7. The van der Waals surface area contributed by atoms with Crippen LogP contribution in [0.25, 0.3) is 10.2 Å². The van der Waals surface area contributed by atoms with Crippen LogP contribution < -0.4 is 11.3 Å². The number of hydrogen-bond donors (Lipinski definition) is 2. The summed E-state index contributed by atoms with van der Waals surface area (Å²) in [6.45, 7) is 0. The molecule has 2 heterocycles. The molecule has 0 aliphatic rings. The zero-order valence-corrected chi connectivity index (χ0v) is 12.1. The molecule has 3 rings (SSSR count). The van der Waals surface area contributed by atoms with Crippen LogP contribution in [0.5, 0.6) is 0 Å². The minimum absolute atomic E-state index is 0.0711. The summed E-state index contributed by atoms with van der Waals surface area (Å²) in [4.78, 5) is 19.2. The number of pyridine rings is 1. The fourth-order valence-electron chi connectivity index (χ4n) is 1.70. The molecule has 9 heteroatoms. The highest BCUT2D eigenvalue weighted by Crippen LogP contribution is 2.37. The van der Waals surface area contributed by atoms with Gasteiger partial charge >= 0.3 is 5.69 Å². The number of nitrogens with zero attached hydrogens (tertiary/aromatic N) is 3. The van der Waals surface area contributed by atoms with Gasteiger partial charge in [0.15, 0.2) is 9.37 Å². The van der Waals surface area contributed by atoms with Gasteiger partial charge in [-0.2, -0.15) is 0 Å². The number of hydrazine groups is 1. The van der Waals surface area contributed by atoms with Gasteiger partial charge in [0, 0.05) is 6.07 Å². The van der Waals surface area contributed by atoms with E-state index in [9.17, 15) is 10.1 Å². The Morgan fingerprint density at radius 1 is 1.24 bits per heavy atom. The Kier molecular flexibility index (Phi) is 3.69. The number of thiazole rings is 1. The Morgan fingerprint density at radius 2 is 2.05 bits per heavy atom. The number of benzene rings is 1. The number of fused-ring (bicyclic) bond motifs is 1. The van der Waals surface area contributed by atoms with Gasteiger partial charge < -0.3 is 5.43 Å². The Labute approximate surface area is 127 Å². The second-order valence-corrected chi connectivity index (χ2v) is 6.24. The molecule has 0 spiro atoms. The van der Waals surface area contributed by atoms with E-state index in [4.69, 9.17) is 5.84 Å². The number of aromatic nitrogens is 2. The largest absolute Gasteiger partial charge is 0.308 e. The number of nitrogens with two attached hydrogens (primary N) is 1. The fraction of sp³-hybridized carbons (Fsp3) is 0. The standard InChI is InChI=1S/C12H9N5O2S2/c13-16-10-6-5-8(17(18)19)11(15-10)21-12-14-7-3-1-2-4-9(7)20-12/h1-6H,13H2,(H,15,16). The van der Waals surface area contributed by atoms with Crippen LogP contribution >= 0.6 is 23.1 Å². The molecule has 0 bridgehead atoms. The molecule has 106 valence electrons. The lowest BCUT2D eigenvalue weighted by atomic mass is 10.3. The van der Waals surface area contributed by atoms with Crippen LogP contribution in [0.2, 0.25) is 0 Å². The van der Waals surface area contributed by atoms with Gasteiger partial charge in [0.1, 0.15) is 5.82 Å². The number of anilines is 1. The molecule has 7 nitrogen and oxygen atoms in total. The SMILES string of the molecule is NNc1ccc([N+](=O)[O-])c(Sc2nc3ccccc3s2)n1. The maximum atomic E-state index is 11.1. The first-order chi connectivity index (χ1) is 10.2. The minimum Gasteiger partial charge on any atom is -0.308 e. The Morgan fingerprint density at radius 3 is 2.76 bits per heavy atom. The summed E-state index contributed by atoms with van der Waals surface area (Å²) in [5, 5.41) is 11.3. The molecule has 0 aliphatic heterocycles. The highest BCUT2D eigenvalue weighted by molar-refractivity contribution is 8.01. The zero-order chi connectivity index (χ0) is 14.8. The van der Waals surface area contributed by atoms with Crippen molar-refractivity contribution in [2.24, 2.45) is 5.84 Å². The predicted molar refractivity (Wildman–Crippen MR) is 82.4 cm³/mol. The van der Waals surface area contributed by atoms with E-state index in [-0.39, 0.29) is 10.7 Å². The Balaban J connectivity index is 2.01. The summed E-state index contributed by atoms with van der Waals surface area (Å²) in [7, 11) is 0. The van der Waals surface area contributed by atoms with E-state index < -0.39 is 4.92 Å². The molecule has 1 aromatic carbocycles. The van der Waals surface area contributed by atoms with Gasteiger partial charge in [-0.05, 0) is 30.0 Å². The first-order valence-electron chi connectivity index (χ1n) is 5.83. The first-order valence-corrected chi connectivity index (χ1v) is 7.46. The molecule has 0 radical (unpaired) electrons. The van der Waals surface area contributed by atoms with Gasteiger partial charge in [0.2, 0.25) is 0 Å². The van der Waals surface area contributed by atoms with Gasteiger partial charge in [0.05, 0.1) is 15.1 Å². The number of hydrogen-bond acceptors (Lipinski definition) is 8. The van der Waals surface area contributed by atoms with Crippen LogP contribution in [0.4, 0.5) is 11.5 Å². The second kappa shape index (κ2) is 5.64. The molecule has 0 saturated carbocycles. The summed E-state index contributed by atoms with van der Waals surface area (Å²) in [5.41, 5.74) is 3.17. The van der Waals surface area contributed by atoms with Gasteiger partial charge in [-0.25, -0.2) is 15.8 Å². The summed E-state index contributed by atoms with van der Waals surface area (Å²) in [6.07, 6.45) is 0. The highest BCUT2D eigenvalue weighted by Gasteiger charge is 2.19. The van der Waals surface area contributed by atoms with E-state index in [0.29, 0.717) is 10.2 Å². The number of para-hydroxylation sites is 1. The van der Waals surface area contributed by atoms with Crippen molar-refractivity contribution in [2.75, 3.05) is 5.43 Å². The lowest BCUT2D eigenvalue weighted by Gasteiger charge is -2.02. The molecule has 0 fully saturated rings. The van der Waals surface area contributed by atoms with Crippen molar-refractivity contribution in [2.45, 2.75) is 9.37 Å². The third kappa shape index (κ3) is 2.79. The van der Waals surface area contributed by atoms with Crippen molar-refractivity contribution in [1.82, 2.24) is 9.97 Å². The van der Waals surface area contributed by atoms with Crippen molar-refractivity contribution < 1.29 is 4.92 Å². The minimum atomic E-state index is -0.469. The molecule has 2 aromatic heterocycles. The second-order valence-electron chi connectivity index (χ2n) is 3.97. The smallest absolute Gasteiger partial charge is 0.301 e. The van der Waals surface area contributed by atoms with Crippen LogP contribution in [0.1, 0.15) is 0 Å². The number of nitrogens with one attached hydrogen (secondary N) is 1. The third-order valence-electron chi connectivity index (χ3n) is 2.64. The molecule has 0 atom stereocenters. The van der Waals surface area contributed by atoms with Crippen molar-refractivity contribution in [3.63, 3.8) is 0 Å². The monoisotopic (exact) mass is 319 g/mol. The molecule has 0 amide bonds. The lowest BCUT2D eigenvalue weighted by Crippen LogP contribution is -2.09. The van der Waals surface area contributed by atoms with E-state index in [0.717, 1.165) is 22.0 Å². The number of nitrogen functional groups attached to an aromatic ring is 1. The topological polar surface area (TPSA) is 107 Å². The van der Waals surface area contributed by atoms with E-state index in [1.807, 2.05) is 24.3 Å². The van der Waals surface area contributed by atoms with Gasteiger partial charge in [-0.3, -0.25) is 10.1 Å². The Hall–Kier alpha value is -2.23. The summed E-state index contributed by atoms with van der Waals surface area (Å²) in [5.74, 6) is 5.66. The molecule has 21 heavy (non-hydrogen) atoms. The fourth-order valence-corrected chi connectivity index (χ4v) is 3.78. The van der Waals surface area contributed by atoms with Crippen LogP contribution in [0, 0.1) is 10.1 Å². The molecular weight excluding hydrogens is 310 g/mol. The van der Waals surface area contributed by atoms with Gasteiger partial charge in [0.25, 0.3) is 0 Å².